The lowest BCUT2D eigenvalue weighted by Gasteiger charge is -2.34. The van der Waals surface area contributed by atoms with Gasteiger partial charge in [0.1, 0.15) is 17.2 Å². The topological polar surface area (TPSA) is 80.1 Å². The van der Waals surface area contributed by atoms with Crippen LogP contribution in [-0.2, 0) is 19.8 Å². The predicted molar refractivity (Wildman–Crippen MR) is 200 cm³/mol. The second-order valence-electron chi connectivity index (χ2n) is 12.7. The van der Waals surface area contributed by atoms with Gasteiger partial charge in [0.15, 0.2) is 0 Å². The highest BCUT2D eigenvalue weighted by Gasteiger charge is 2.32. The number of piperazine rings is 1. The molecule has 0 spiro atoms. The molecule has 274 valence electrons. The largest absolute Gasteiger partial charge is 0.491 e. The van der Waals surface area contributed by atoms with Gasteiger partial charge in [-0.3, -0.25) is 14.5 Å². The molecule has 1 aliphatic rings. The van der Waals surface area contributed by atoms with Gasteiger partial charge in [0, 0.05) is 64.3 Å². The minimum Gasteiger partial charge on any atom is -0.491 e. The van der Waals surface area contributed by atoms with Crippen LogP contribution in [0, 0.1) is 0 Å². The number of carbonyl (C=O) groups is 2. The molecule has 6 rings (SSSR count). The fraction of sp³-hybridized carbons (Fsp3) is 0.289. The first-order valence-electron chi connectivity index (χ1n) is 16.4. The third-order valence-electron chi connectivity index (χ3n) is 8.76. The fourth-order valence-corrected chi connectivity index (χ4v) is 6.23. The van der Waals surface area contributed by atoms with Crippen LogP contribution in [-0.4, -0.2) is 70.5 Å². The Hall–Kier alpha value is -4.59. The Kier molecular flexibility index (Phi) is 11.9. The van der Waals surface area contributed by atoms with Crippen molar-refractivity contribution in [1.29, 1.82) is 0 Å². The van der Waals surface area contributed by atoms with Gasteiger partial charge in [-0.2, -0.15) is 13.2 Å². The Morgan fingerprint density at radius 1 is 0.923 bits per heavy atom. The Morgan fingerprint density at radius 3 is 2.23 bits per heavy atom. The van der Waals surface area contributed by atoms with E-state index >= 15 is 0 Å². The minimum atomic E-state index is -4.57. The van der Waals surface area contributed by atoms with E-state index in [-0.39, 0.29) is 45.5 Å². The summed E-state index contributed by atoms with van der Waals surface area (Å²) < 4.78 is 52.6. The summed E-state index contributed by atoms with van der Waals surface area (Å²) in [6.45, 7) is 7.62. The number of carbonyl (C=O) groups excluding carboxylic acids is 2. The zero-order chi connectivity index (χ0) is 36.4. The average Bonchev–Trinajstić information content (AvgIpc) is 3.43. The SMILES string of the molecule is Br.CC(C)Oc1ccc(CN2CCN(C(=O)c3cc4ccc(Oc5ccc(N(C)C(=O)c6ccc(C(F)(F)F)cc6Cl)cn5)cc4n3C)CC2)cc1. The molecule has 0 unspecified atom stereocenters. The summed E-state index contributed by atoms with van der Waals surface area (Å²) in [6.07, 6.45) is -3.03. The summed E-state index contributed by atoms with van der Waals surface area (Å²) in [6, 6.07) is 21.3. The zero-order valence-corrected chi connectivity index (χ0v) is 31.5. The first-order valence-corrected chi connectivity index (χ1v) is 16.8. The van der Waals surface area contributed by atoms with Gasteiger partial charge in [-0.15, -0.1) is 17.0 Å². The van der Waals surface area contributed by atoms with Crippen LogP contribution in [0.2, 0.25) is 5.02 Å². The van der Waals surface area contributed by atoms with Gasteiger partial charge in [-0.05, 0) is 74.0 Å². The molecule has 0 saturated carbocycles. The molecule has 3 heterocycles. The van der Waals surface area contributed by atoms with Gasteiger partial charge in [-0.1, -0.05) is 23.7 Å². The Balaban J connectivity index is 0.00000523. The number of rotatable bonds is 9. The van der Waals surface area contributed by atoms with E-state index in [1.165, 1.54) is 23.7 Å². The average molecular weight is 801 g/mol. The lowest BCUT2D eigenvalue weighted by molar-refractivity contribution is -0.137. The Bertz CT molecular complexity index is 2050. The molecule has 1 saturated heterocycles. The number of halogens is 5. The van der Waals surface area contributed by atoms with Crippen molar-refractivity contribution in [3.05, 3.63) is 112 Å². The van der Waals surface area contributed by atoms with Gasteiger partial charge in [0.05, 0.1) is 39.7 Å². The highest BCUT2D eigenvalue weighted by molar-refractivity contribution is 8.93. The molecule has 2 amide bonds. The van der Waals surface area contributed by atoms with Crippen molar-refractivity contribution >= 4 is 57.0 Å². The second kappa shape index (κ2) is 16.0. The van der Waals surface area contributed by atoms with Gasteiger partial charge in [0.25, 0.3) is 11.8 Å². The fourth-order valence-electron chi connectivity index (χ4n) is 5.97. The van der Waals surface area contributed by atoms with Crippen molar-refractivity contribution in [2.75, 3.05) is 38.1 Å². The number of benzene rings is 3. The van der Waals surface area contributed by atoms with Gasteiger partial charge >= 0.3 is 6.18 Å². The van der Waals surface area contributed by atoms with Crippen molar-refractivity contribution in [1.82, 2.24) is 19.4 Å². The van der Waals surface area contributed by atoms with E-state index in [1.54, 1.807) is 18.2 Å². The second-order valence-corrected chi connectivity index (χ2v) is 13.1. The summed E-state index contributed by atoms with van der Waals surface area (Å²) in [4.78, 5) is 36.4. The van der Waals surface area contributed by atoms with Crippen molar-refractivity contribution in [2.45, 2.75) is 32.7 Å². The number of amides is 2. The molecular formula is C38H38BrClF3N5O4. The highest BCUT2D eigenvalue weighted by atomic mass is 79.9. The molecule has 9 nitrogen and oxygen atoms in total. The summed E-state index contributed by atoms with van der Waals surface area (Å²) in [7, 11) is 3.32. The van der Waals surface area contributed by atoms with Crippen molar-refractivity contribution in [3.63, 3.8) is 0 Å². The number of nitrogens with zero attached hydrogens (tertiary/aromatic N) is 5. The number of fused-ring (bicyclic) bond motifs is 1. The van der Waals surface area contributed by atoms with Crippen molar-refractivity contribution in [3.8, 4) is 17.4 Å². The molecule has 52 heavy (non-hydrogen) atoms. The monoisotopic (exact) mass is 799 g/mol. The van der Waals surface area contributed by atoms with Crippen LogP contribution in [0.4, 0.5) is 18.9 Å². The molecule has 0 N–H and O–H groups in total. The van der Waals surface area contributed by atoms with Crippen LogP contribution < -0.4 is 14.4 Å². The molecule has 0 bridgehead atoms. The van der Waals surface area contributed by atoms with E-state index in [0.29, 0.717) is 30.2 Å². The molecule has 14 heteroatoms. The number of hydrogen-bond donors (Lipinski definition) is 0. The van der Waals surface area contributed by atoms with Crippen LogP contribution in [0.15, 0.2) is 85.1 Å². The standard InChI is InChI=1S/C38H37ClF3N5O4.BrH/c1-24(2)50-29-10-5-25(6-11-29)23-46-15-17-47(18-16-46)37(49)34-19-26-7-12-30(21-33(26)45(34)4)51-35-14-9-28(22-43-35)44(3)36(48)31-13-8-27(20-32(31)39)38(40,41)42;/h5-14,19-22,24H,15-18,23H2,1-4H3;1H. The molecule has 0 atom stereocenters. The lowest BCUT2D eigenvalue weighted by atomic mass is 10.1. The quantitative estimate of drug-likeness (QED) is 0.149. The van der Waals surface area contributed by atoms with Crippen molar-refractivity contribution in [2.24, 2.45) is 7.05 Å². The number of aryl methyl sites for hydroxylation is 1. The lowest BCUT2D eigenvalue weighted by Crippen LogP contribution is -2.48. The van der Waals surface area contributed by atoms with Crippen LogP contribution in [0.25, 0.3) is 10.9 Å². The van der Waals surface area contributed by atoms with Gasteiger partial charge in [-0.25, -0.2) is 4.98 Å². The highest BCUT2D eigenvalue weighted by Crippen LogP contribution is 2.33. The van der Waals surface area contributed by atoms with E-state index in [4.69, 9.17) is 21.1 Å². The maximum absolute atomic E-state index is 13.6. The predicted octanol–water partition coefficient (Wildman–Crippen LogP) is 8.64. The molecule has 0 aliphatic carbocycles. The first kappa shape index (κ1) is 38.6. The molecule has 1 aliphatic heterocycles. The molecule has 5 aromatic rings. The summed E-state index contributed by atoms with van der Waals surface area (Å²) in [5.41, 5.74) is 1.98. The summed E-state index contributed by atoms with van der Waals surface area (Å²) in [5, 5.41) is 0.589. The van der Waals surface area contributed by atoms with E-state index in [9.17, 15) is 22.8 Å². The summed E-state index contributed by atoms with van der Waals surface area (Å²) >= 11 is 6.02. The maximum atomic E-state index is 13.6. The van der Waals surface area contributed by atoms with E-state index in [2.05, 4.69) is 22.0 Å². The normalized spacial score (nSPS) is 13.6. The van der Waals surface area contributed by atoms with Crippen LogP contribution in [0.3, 0.4) is 0 Å². The molecule has 3 aromatic carbocycles. The minimum absolute atomic E-state index is 0. The molecule has 2 aromatic heterocycles. The molecule has 0 radical (unpaired) electrons. The number of aromatic nitrogens is 2. The van der Waals surface area contributed by atoms with Crippen molar-refractivity contribution < 1.29 is 32.2 Å². The van der Waals surface area contributed by atoms with E-state index < -0.39 is 17.6 Å². The van der Waals surface area contributed by atoms with Crippen LogP contribution in [0.1, 0.15) is 45.8 Å². The van der Waals surface area contributed by atoms with Crippen LogP contribution >= 0.6 is 28.6 Å². The number of hydrogen-bond acceptors (Lipinski definition) is 6. The maximum Gasteiger partial charge on any atom is 0.416 e. The van der Waals surface area contributed by atoms with E-state index in [1.807, 2.05) is 60.7 Å². The summed E-state index contributed by atoms with van der Waals surface area (Å²) in [5.74, 6) is 0.997. The third-order valence-corrected chi connectivity index (χ3v) is 9.07. The number of alkyl halides is 3. The van der Waals surface area contributed by atoms with E-state index in [0.717, 1.165) is 54.5 Å². The number of anilines is 1. The zero-order valence-electron chi connectivity index (χ0n) is 29.0. The molecule has 1 fully saturated rings. The molecular weight excluding hydrogens is 763 g/mol. The number of pyridine rings is 1. The smallest absolute Gasteiger partial charge is 0.416 e. The van der Waals surface area contributed by atoms with Gasteiger partial charge < -0.3 is 23.8 Å². The Morgan fingerprint density at radius 2 is 1.62 bits per heavy atom. The third kappa shape index (κ3) is 8.71. The van der Waals surface area contributed by atoms with Gasteiger partial charge in [0.2, 0.25) is 5.88 Å². The first-order chi connectivity index (χ1) is 24.3. The Labute approximate surface area is 315 Å². The number of ether oxygens (including phenoxy) is 2. The van der Waals surface area contributed by atoms with Crippen LogP contribution in [0.5, 0.6) is 17.4 Å².